The van der Waals surface area contributed by atoms with E-state index in [-0.39, 0.29) is 30.1 Å². The van der Waals surface area contributed by atoms with Crippen LogP contribution in [0.5, 0.6) is 0 Å². The number of benzene rings is 1. The van der Waals surface area contributed by atoms with E-state index in [2.05, 4.69) is 16.0 Å². The average Bonchev–Trinajstić information content (AvgIpc) is 3.18. The van der Waals surface area contributed by atoms with Crippen molar-refractivity contribution in [1.29, 1.82) is 0 Å². The van der Waals surface area contributed by atoms with Gasteiger partial charge in [-0.05, 0) is 57.4 Å². The molecule has 3 amide bonds. The van der Waals surface area contributed by atoms with Crippen LogP contribution in [0.25, 0.3) is 0 Å². The zero-order valence-corrected chi connectivity index (χ0v) is 13.0. The predicted octanol–water partition coefficient (Wildman–Crippen LogP) is 1.86. The summed E-state index contributed by atoms with van der Waals surface area (Å²) in [5.74, 6) is -0.149. The molecule has 6 nitrogen and oxygen atoms in total. The van der Waals surface area contributed by atoms with Gasteiger partial charge in [0.1, 0.15) is 0 Å². The maximum absolute atomic E-state index is 12.2. The number of nitrogens with one attached hydrogen (secondary N) is 3. The summed E-state index contributed by atoms with van der Waals surface area (Å²) in [7, 11) is 0. The van der Waals surface area contributed by atoms with Crippen LogP contribution in [0.2, 0.25) is 0 Å². The van der Waals surface area contributed by atoms with Crippen LogP contribution in [0.3, 0.4) is 0 Å². The Labute approximate surface area is 130 Å². The van der Waals surface area contributed by atoms with Gasteiger partial charge < -0.3 is 21.1 Å². The Morgan fingerprint density at radius 3 is 2.36 bits per heavy atom. The van der Waals surface area contributed by atoms with Gasteiger partial charge in [-0.15, -0.1) is 0 Å². The van der Waals surface area contributed by atoms with E-state index in [1.54, 1.807) is 24.3 Å². The van der Waals surface area contributed by atoms with Crippen LogP contribution in [0.4, 0.5) is 10.5 Å². The highest BCUT2D eigenvalue weighted by Crippen LogP contribution is 2.38. The molecule has 0 atom stereocenters. The number of hydrogen-bond donors (Lipinski definition) is 4. The fraction of sp³-hybridized carbons (Fsp3) is 0.500. The van der Waals surface area contributed by atoms with Gasteiger partial charge in [0, 0.05) is 29.4 Å². The van der Waals surface area contributed by atoms with Crippen LogP contribution < -0.4 is 16.0 Å². The van der Waals surface area contributed by atoms with Crippen LogP contribution in [0.15, 0.2) is 24.3 Å². The second-order valence-corrected chi connectivity index (χ2v) is 6.04. The van der Waals surface area contributed by atoms with Crippen molar-refractivity contribution in [2.45, 2.75) is 44.7 Å². The topological polar surface area (TPSA) is 90.5 Å². The molecule has 120 valence electrons. The summed E-state index contributed by atoms with van der Waals surface area (Å²) in [6.45, 7) is 3.84. The lowest BCUT2D eigenvalue weighted by Gasteiger charge is -2.16. The van der Waals surface area contributed by atoms with E-state index in [0.717, 1.165) is 12.8 Å². The largest absolute Gasteiger partial charge is 0.396 e. The first-order valence-electron chi connectivity index (χ1n) is 7.55. The predicted molar refractivity (Wildman–Crippen MR) is 84.9 cm³/mol. The molecule has 22 heavy (non-hydrogen) atoms. The van der Waals surface area contributed by atoms with Crippen molar-refractivity contribution in [1.82, 2.24) is 10.6 Å². The maximum Gasteiger partial charge on any atom is 0.319 e. The lowest BCUT2D eigenvalue weighted by Crippen LogP contribution is -2.37. The summed E-state index contributed by atoms with van der Waals surface area (Å²) in [5.41, 5.74) is 0.949. The first kappa shape index (κ1) is 16.3. The summed E-state index contributed by atoms with van der Waals surface area (Å²) in [4.78, 5) is 23.7. The van der Waals surface area contributed by atoms with Gasteiger partial charge in [0.15, 0.2) is 0 Å². The zero-order valence-electron chi connectivity index (χ0n) is 13.0. The molecule has 0 aromatic heterocycles. The molecule has 6 heteroatoms. The highest BCUT2D eigenvalue weighted by atomic mass is 16.3. The summed E-state index contributed by atoms with van der Waals surface area (Å²) >= 11 is 0. The Hall–Kier alpha value is -2.08. The van der Waals surface area contributed by atoms with E-state index in [9.17, 15) is 9.59 Å². The van der Waals surface area contributed by atoms with Gasteiger partial charge in [0.05, 0.1) is 0 Å². The van der Waals surface area contributed by atoms with Crippen molar-refractivity contribution < 1.29 is 14.7 Å². The molecule has 0 spiro atoms. The molecule has 1 saturated carbocycles. The van der Waals surface area contributed by atoms with Gasteiger partial charge in [-0.1, -0.05) is 0 Å². The van der Waals surface area contributed by atoms with Crippen molar-refractivity contribution in [2.75, 3.05) is 11.9 Å². The average molecular weight is 305 g/mol. The van der Waals surface area contributed by atoms with E-state index in [1.165, 1.54) is 0 Å². The minimum atomic E-state index is -0.271. The zero-order chi connectivity index (χ0) is 16.2. The maximum atomic E-state index is 12.2. The van der Waals surface area contributed by atoms with Crippen molar-refractivity contribution in [3.05, 3.63) is 29.8 Å². The van der Waals surface area contributed by atoms with Gasteiger partial charge in [-0.2, -0.15) is 0 Å². The minimum Gasteiger partial charge on any atom is -0.396 e. The Morgan fingerprint density at radius 2 is 1.86 bits per heavy atom. The van der Waals surface area contributed by atoms with E-state index in [4.69, 9.17) is 5.11 Å². The molecule has 0 heterocycles. The summed E-state index contributed by atoms with van der Waals surface area (Å²) in [6.07, 6.45) is 2.41. The smallest absolute Gasteiger partial charge is 0.319 e. The lowest BCUT2D eigenvalue weighted by molar-refractivity contribution is 0.0923. The van der Waals surface area contributed by atoms with E-state index < -0.39 is 0 Å². The molecule has 0 radical (unpaired) electrons. The molecule has 1 aromatic rings. The molecule has 1 fully saturated rings. The quantitative estimate of drug-likeness (QED) is 0.646. The number of rotatable bonds is 6. The molecule has 1 aliphatic rings. The van der Waals surface area contributed by atoms with Crippen molar-refractivity contribution in [2.24, 2.45) is 0 Å². The Balaban J connectivity index is 1.91. The van der Waals surface area contributed by atoms with Crippen molar-refractivity contribution in [3.8, 4) is 0 Å². The summed E-state index contributed by atoms with van der Waals surface area (Å²) in [5, 5.41) is 17.4. The molecular formula is C16H23N3O3. The lowest BCUT2D eigenvalue weighted by atomic mass is 10.1. The number of carbonyl (C=O) groups is 2. The van der Waals surface area contributed by atoms with Gasteiger partial charge in [0.25, 0.3) is 5.91 Å². The number of urea groups is 1. The van der Waals surface area contributed by atoms with E-state index in [0.29, 0.717) is 17.7 Å². The molecule has 2 rings (SSSR count). The second kappa shape index (κ2) is 6.79. The molecule has 4 N–H and O–H groups in total. The van der Waals surface area contributed by atoms with Crippen LogP contribution in [0, 0.1) is 0 Å². The first-order chi connectivity index (χ1) is 10.4. The molecule has 0 saturated heterocycles. The highest BCUT2D eigenvalue weighted by Gasteiger charge is 2.43. The van der Waals surface area contributed by atoms with Crippen molar-refractivity contribution >= 4 is 17.6 Å². The normalized spacial score (nSPS) is 15.3. The van der Waals surface area contributed by atoms with Crippen LogP contribution in [-0.2, 0) is 0 Å². The molecule has 0 bridgehead atoms. The number of carbonyl (C=O) groups excluding carboxylic acids is 2. The molecular weight excluding hydrogens is 282 g/mol. The Bertz CT molecular complexity index is 536. The standard InChI is InChI=1S/C16H23N3O3/c1-11(2)17-15(22)18-13-5-3-12(4-6-13)14(21)19-16(7-8-16)9-10-20/h3-6,11,20H,7-10H2,1-2H3,(H,19,21)(H2,17,18,22). The number of aliphatic hydroxyl groups is 1. The third-order valence-corrected chi connectivity index (χ3v) is 3.65. The van der Waals surface area contributed by atoms with E-state index >= 15 is 0 Å². The van der Waals surface area contributed by atoms with Gasteiger partial charge in [-0.25, -0.2) is 4.79 Å². The fourth-order valence-electron chi connectivity index (χ4n) is 2.25. The summed E-state index contributed by atoms with van der Waals surface area (Å²) in [6, 6.07) is 6.53. The third kappa shape index (κ3) is 4.46. The second-order valence-electron chi connectivity index (χ2n) is 6.04. The third-order valence-electron chi connectivity index (χ3n) is 3.65. The molecule has 1 aromatic carbocycles. The molecule has 0 unspecified atom stereocenters. The Kier molecular flexibility index (Phi) is 5.03. The number of hydrogen-bond acceptors (Lipinski definition) is 3. The van der Waals surface area contributed by atoms with Crippen molar-refractivity contribution in [3.63, 3.8) is 0 Å². The fourth-order valence-corrected chi connectivity index (χ4v) is 2.25. The van der Waals surface area contributed by atoms with Gasteiger partial charge in [-0.3, -0.25) is 4.79 Å². The summed E-state index contributed by atoms with van der Waals surface area (Å²) < 4.78 is 0. The van der Waals surface area contributed by atoms with Crippen LogP contribution >= 0.6 is 0 Å². The SMILES string of the molecule is CC(C)NC(=O)Nc1ccc(C(=O)NC2(CCO)CC2)cc1. The minimum absolute atomic E-state index is 0.0614. The van der Waals surface area contributed by atoms with Gasteiger partial charge >= 0.3 is 6.03 Å². The van der Waals surface area contributed by atoms with Crippen LogP contribution in [0.1, 0.15) is 43.5 Å². The first-order valence-corrected chi connectivity index (χ1v) is 7.55. The number of aliphatic hydroxyl groups excluding tert-OH is 1. The number of amides is 3. The Morgan fingerprint density at radius 1 is 1.23 bits per heavy atom. The van der Waals surface area contributed by atoms with Crippen LogP contribution in [-0.4, -0.2) is 35.2 Å². The molecule has 0 aliphatic heterocycles. The monoisotopic (exact) mass is 305 g/mol. The molecule has 1 aliphatic carbocycles. The van der Waals surface area contributed by atoms with Gasteiger partial charge in [0.2, 0.25) is 0 Å². The number of anilines is 1. The highest BCUT2D eigenvalue weighted by molar-refractivity contribution is 5.96. The van der Waals surface area contributed by atoms with E-state index in [1.807, 2.05) is 13.8 Å².